The summed E-state index contributed by atoms with van der Waals surface area (Å²) in [6, 6.07) is 6.64. The normalized spacial score (nSPS) is 9.71. The number of rotatable bonds is 6. The van der Waals surface area contributed by atoms with Crippen molar-refractivity contribution in [2.24, 2.45) is 0 Å². The van der Waals surface area contributed by atoms with Gasteiger partial charge in [-0.1, -0.05) is 12.1 Å². The molecule has 17 heavy (non-hydrogen) atoms. The monoisotopic (exact) mass is 232 g/mol. The first-order valence-corrected chi connectivity index (χ1v) is 5.29. The molecule has 0 fully saturated rings. The second-order valence-electron chi connectivity index (χ2n) is 3.22. The first-order chi connectivity index (χ1) is 8.19. The van der Waals surface area contributed by atoms with Gasteiger partial charge in [0, 0.05) is 0 Å². The largest absolute Gasteiger partial charge is 0.481 e. The molecule has 88 valence electrons. The Morgan fingerprint density at radius 3 is 2.65 bits per heavy atom. The van der Waals surface area contributed by atoms with Crippen molar-refractivity contribution >= 4 is 19.6 Å². The number of ketones is 1. The molecule has 0 aliphatic heterocycles. The maximum absolute atomic E-state index is 11.5. The van der Waals surface area contributed by atoms with E-state index in [4.69, 9.17) is 17.3 Å². The molecular weight excluding hydrogens is 219 g/mol. The molecule has 4 nitrogen and oxygen atoms in total. The van der Waals surface area contributed by atoms with E-state index in [0.29, 0.717) is 17.9 Å². The highest BCUT2D eigenvalue weighted by Gasteiger charge is 2.11. The number of hydrogen-bond acceptors (Lipinski definition) is 4. The number of Topliss-reactive ketones (excluding diaryl/α,β-unsaturated/α-hetero) is 1. The molecule has 0 saturated heterocycles. The van der Waals surface area contributed by atoms with Crippen molar-refractivity contribution in [3.8, 4) is 5.75 Å². The number of ether oxygens (including phenoxy) is 2. The quantitative estimate of drug-likeness (QED) is 0.422. The van der Waals surface area contributed by atoms with E-state index < -0.39 is 5.97 Å². The van der Waals surface area contributed by atoms with E-state index in [1.165, 1.54) is 0 Å². The zero-order valence-corrected chi connectivity index (χ0v) is 9.64. The van der Waals surface area contributed by atoms with Gasteiger partial charge in [-0.3, -0.25) is 4.79 Å². The van der Waals surface area contributed by atoms with Gasteiger partial charge in [0.2, 0.25) is 0 Å². The third-order valence-corrected chi connectivity index (χ3v) is 2.02. The van der Waals surface area contributed by atoms with Crippen LogP contribution in [-0.4, -0.2) is 32.8 Å². The van der Waals surface area contributed by atoms with E-state index >= 15 is 0 Å². The Hall–Kier alpha value is -1.78. The number of esters is 1. The van der Waals surface area contributed by atoms with Gasteiger partial charge in [-0.15, -0.1) is 0 Å². The Bertz CT molecular complexity index is 403. The van der Waals surface area contributed by atoms with E-state index in [1.54, 1.807) is 31.2 Å². The summed E-state index contributed by atoms with van der Waals surface area (Å²) in [4.78, 5) is 22.6. The highest BCUT2D eigenvalue weighted by atomic mass is 16.6. The predicted molar refractivity (Wildman–Crippen MR) is 63.5 cm³/mol. The molecule has 0 unspecified atom stereocenters. The van der Waals surface area contributed by atoms with Gasteiger partial charge in [0.1, 0.15) is 5.75 Å². The van der Waals surface area contributed by atoms with Crippen LogP contribution in [-0.2, 0) is 9.53 Å². The summed E-state index contributed by atoms with van der Waals surface area (Å²) in [5.74, 6) is -0.358. The Balaban J connectivity index is 2.70. The number of carbonyl (C=O) groups excluding carboxylic acids is 2. The molecule has 0 heterocycles. The summed E-state index contributed by atoms with van der Waals surface area (Å²) in [7, 11) is 5.28. The molecule has 0 N–H and O–H groups in total. The molecule has 0 aromatic heterocycles. The first-order valence-electron chi connectivity index (χ1n) is 5.29. The first kappa shape index (κ1) is 13.3. The fourth-order valence-corrected chi connectivity index (χ4v) is 1.27. The topological polar surface area (TPSA) is 52.6 Å². The summed E-state index contributed by atoms with van der Waals surface area (Å²) in [5.41, 5.74) is 0.374. The number of carbonyl (C=O) groups is 2. The van der Waals surface area contributed by atoms with E-state index in [0.717, 1.165) is 0 Å². The molecule has 0 bridgehead atoms. The Morgan fingerprint density at radius 2 is 2.00 bits per heavy atom. The molecule has 5 heteroatoms. The number of benzene rings is 1. The summed E-state index contributed by atoms with van der Waals surface area (Å²) in [6.07, 6.45) is -0.0974. The molecule has 1 rings (SSSR count). The van der Waals surface area contributed by atoms with Crippen molar-refractivity contribution in [1.82, 2.24) is 0 Å². The highest BCUT2D eigenvalue weighted by molar-refractivity contribution is 6.24. The molecule has 2 radical (unpaired) electrons. The average Bonchev–Trinajstić information content (AvgIpc) is 2.36. The Kier molecular flexibility index (Phi) is 5.26. The molecule has 0 amide bonds. The second-order valence-corrected chi connectivity index (χ2v) is 3.22. The lowest BCUT2D eigenvalue weighted by Crippen LogP contribution is -2.15. The molecule has 0 saturated carbocycles. The van der Waals surface area contributed by atoms with Gasteiger partial charge in [0.15, 0.2) is 12.4 Å². The van der Waals surface area contributed by atoms with Gasteiger partial charge < -0.3 is 9.47 Å². The zero-order valence-electron chi connectivity index (χ0n) is 9.64. The van der Waals surface area contributed by atoms with Gasteiger partial charge in [-0.05, 0) is 25.4 Å². The second kappa shape index (κ2) is 6.73. The highest BCUT2D eigenvalue weighted by Crippen LogP contribution is 2.19. The van der Waals surface area contributed by atoms with Crippen LogP contribution in [0, 0.1) is 0 Å². The van der Waals surface area contributed by atoms with Crippen LogP contribution in [0.25, 0.3) is 0 Å². The summed E-state index contributed by atoms with van der Waals surface area (Å²) in [6.45, 7) is 1.79. The van der Waals surface area contributed by atoms with Crippen LogP contribution in [0.2, 0.25) is 6.32 Å². The van der Waals surface area contributed by atoms with Crippen LogP contribution in [0.4, 0.5) is 0 Å². The van der Waals surface area contributed by atoms with Crippen LogP contribution < -0.4 is 4.74 Å². The van der Waals surface area contributed by atoms with Crippen molar-refractivity contribution in [1.29, 1.82) is 0 Å². The van der Waals surface area contributed by atoms with Crippen LogP contribution in [0.1, 0.15) is 17.3 Å². The molecule has 0 spiro atoms. The van der Waals surface area contributed by atoms with Gasteiger partial charge in [-0.25, -0.2) is 4.79 Å². The van der Waals surface area contributed by atoms with Crippen molar-refractivity contribution in [3.63, 3.8) is 0 Å². The van der Waals surface area contributed by atoms with Gasteiger partial charge in [0.25, 0.3) is 0 Å². The third kappa shape index (κ3) is 3.94. The molecule has 0 aliphatic rings. The fourth-order valence-electron chi connectivity index (χ4n) is 1.27. The summed E-state index contributed by atoms with van der Waals surface area (Å²) >= 11 is 0. The number of hydrogen-bond donors (Lipinski definition) is 0. The molecular formula is C12H13BO4. The minimum atomic E-state index is -0.470. The van der Waals surface area contributed by atoms with E-state index in [1.807, 2.05) is 0 Å². The van der Waals surface area contributed by atoms with Gasteiger partial charge >= 0.3 is 5.97 Å². The average molecular weight is 232 g/mol. The Labute approximate surface area is 101 Å². The SMILES string of the molecule is [B]CC(=O)c1ccccc1OCC(=O)OCC. The minimum absolute atomic E-state index is 0.0974. The molecule has 0 aliphatic carbocycles. The van der Waals surface area contributed by atoms with Gasteiger partial charge in [-0.2, -0.15) is 0 Å². The lowest BCUT2D eigenvalue weighted by molar-refractivity contribution is -0.145. The fraction of sp³-hybridized carbons (Fsp3) is 0.333. The van der Waals surface area contributed by atoms with Crippen molar-refractivity contribution < 1.29 is 19.1 Å². The van der Waals surface area contributed by atoms with Crippen molar-refractivity contribution in [2.45, 2.75) is 13.2 Å². The molecule has 1 aromatic carbocycles. The van der Waals surface area contributed by atoms with Crippen LogP contribution >= 0.6 is 0 Å². The van der Waals surface area contributed by atoms with Crippen molar-refractivity contribution in [3.05, 3.63) is 29.8 Å². The number of para-hydroxylation sites is 1. The third-order valence-electron chi connectivity index (χ3n) is 2.02. The predicted octanol–water partition coefficient (Wildman–Crippen LogP) is 1.40. The summed E-state index contributed by atoms with van der Waals surface area (Å²) in [5, 5.41) is 0. The smallest absolute Gasteiger partial charge is 0.344 e. The maximum Gasteiger partial charge on any atom is 0.344 e. The van der Waals surface area contributed by atoms with Crippen LogP contribution in [0.15, 0.2) is 24.3 Å². The maximum atomic E-state index is 11.5. The van der Waals surface area contributed by atoms with Crippen molar-refractivity contribution in [2.75, 3.05) is 13.2 Å². The zero-order chi connectivity index (χ0) is 12.7. The van der Waals surface area contributed by atoms with Crippen LogP contribution in [0.5, 0.6) is 5.75 Å². The Morgan fingerprint density at radius 1 is 1.29 bits per heavy atom. The molecule has 1 aromatic rings. The summed E-state index contributed by atoms with van der Waals surface area (Å²) < 4.78 is 9.94. The standard InChI is InChI=1S/C12H13BO4/c1-2-16-12(15)8-17-11-6-4-3-5-9(11)10(14)7-13/h3-6H,2,7-8H2,1H3. The van der Waals surface area contributed by atoms with E-state index in [9.17, 15) is 9.59 Å². The van der Waals surface area contributed by atoms with Crippen LogP contribution in [0.3, 0.4) is 0 Å². The molecule has 0 atom stereocenters. The minimum Gasteiger partial charge on any atom is -0.481 e. The van der Waals surface area contributed by atoms with E-state index in [-0.39, 0.29) is 18.7 Å². The van der Waals surface area contributed by atoms with E-state index in [2.05, 4.69) is 0 Å². The lowest BCUT2D eigenvalue weighted by atomic mass is 9.95. The van der Waals surface area contributed by atoms with Gasteiger partial charge in [0.05, 0.1) is 20.0 Å². The lowest BCUT2D eigenvalue weighted by Gasteiger charge is -2.09.